The molecule has 1 aliphatic rings. The third-order valence-electron chi connectivity index (χ3n) is 3.36. The van der Waals surface area contributed by atoms with E-state index in [4.69, 9.17) is 4.74 Å². The molecule has 0 aromatic heterocycles. The summed E-state index contributed by atoms with van der Waals surface area (Å²) >= 11 is 3.16. The summed E-state index contributed by atoms with van der Waals surface area (Å²) in [7, 11) is -4.22. The van der Waals surface area contributed by atoms with Gasteiger partial charge in [0.15, 0.2) is 17.4 Å². The van der Waals surface area contributed by atoms with Crippen molar-refractivity contribution >= 4 is 37.5 Å². The fourth-order valence-electron chi connectivity index (χ4n) is 2.27. The molecule has 0 aliphatic carbocycles. The van der Waals surface area contributed by atoms with E-state index < -0.39 is 27.6 Å². The molecule has 10 heteroatoms. The number of ether oxygens (including phenoxy) is 1. The van der Waals surface area contributed by atoms with Gasteiger partial charge in [0.2, 0.25) is 0 Å². The number of anilines is 1. The first-order valence-electron chi connectivity index (χ1n) is 7.00. The van der Waals surface area contributed by atoms with Gasteiger partial charge in [0, 0.05) is 10.5 Å². The maximum atomic E-state index is 13.3. The van der Waals surface area contributed by atoms with Gasteiger partial charge in [0.1, 0.15) is 11.5 Å². The van der Waals surface area contributed by atoms with E-state index in [-0.39, 0.29) is 35.0 Å². The third kappa shape index (κ3) is 3.59. The average molecular weight is 433 g/mol. The van der Waals surface area contributed by atoms with Crippen LogP contribution in [0.1, 0.15) is 10.4 Å². The van der Waals surface area contributed by atoms with Gasteiger partial charge >= 0.3 is 0 Å². The van der Waals surface area contributed by atoms with Crippen LogP contribution < -0.4 is 14.8 Å². The van der Waals surface area contributed by atoms with Crippen LogP contribution in [-0.4, -0.2) is 27.5 Å². The second-order valence-corrected chi connectivity index (χ2v) is 7.69. The number of sulfonamides is 1. The fraction of sp³-hybridized carbons (Fsp3) is 0.133. The summed E-state index contributed by atoms with van der Waals surface area (Å²) < 4.78 is 59.6. The number of carbonyl (C=O) groups excluding carboxylic acids is 1. The molecule has 6 nitrogen and oxygen atoms in total. The van der Waals surface area contributed by atoms with E-state index >= 15 is 0 Å². The normalized spacial score (nSPS) is 14.1. The number of hydrogen-bond donors (Lipinski definition) is 2. The number of amides is 1. The Morgan fingerprint density at radius 2 is 1.92 bits per heavy atom. The maximum absolute atomic E-state index is 13.3. The molecule has 0 unspecified atom stereocenters. The molecule has 0 spiro atoms. The first kappa shape index (κ1) is 17.6. The Hall–Kier alpha value is -2.20. The third-order valence-corrected chi connectivity index (χ3v) is 5.20. The Bertz CT molecular complexity index is 966. The summed E-state index contributed by atoms with van der Waals surface area (Å²) in [5, 5.41) is 2.58. The van der Waals surface area contributed by atoms with Crippen molar-refractivity contribution in [2.45, 2.75) is 4.90 Å². The van der Waals surface area contributed by atoms with Crippen LogP contribution in [0.3, 0.4) is 0 Å². The quantitative estimate of drug-likeness (QED) is 0.780. The van der Waals surface area contributed by atoms with Crippen LogP contribution in [0.25, 0.3) is 0 Å². The first-order chi connectivity index (χ1) is 11.8. The van der Waals surface area contributed by atoms with Crippen LogP contribution in [0.15, 0.2) is 39.7 Å². The topological polar surface area (TPSA) is 84.5 Å². The lowest BCUT2D eigenvalue weighted by Crippen LogP contribution is -2.24. The standard InChI is InChI=1S/C15H11BrF2N2O4S/c16-8-5-10-14(24-4-3-19-15(10)21)13(6-8)25(22,23)20-9-1-2-11(17)12(18)7-9/h1-2,5-7,20H,3-4H2,(H,19,21). The molecule has 0 atom stereocenters. The van der Waals surface area contributed by atoms with Crippen molar-refractivity contribution in [1.82, 2.24) is 5.32 Å². The molecule has 0 saturated carbocycles. The van der Waals surface area contributed by atoms with E-state index in [9.17, 15) is 22.0 Å². The molecule has 2 aromatic rings. The van der Waals surface area contributed by atoms with Crippen molar-refractivity contribution < 1.29 is 26.7 Å². The van der Waals surface area contributed by atoms with Gasteiger partial charge in [-0.3, -0.25) is 9.52 Å². The maximum Gasteiger partial charge on any atom is 0.265 e. The van der Waals surface area contributed by atoms with E-state index in [0.717, 1.165) is 18.2 Å². The van der Waals surface area contributed by atoms with Crippen LogP contribution >= 0.6 is 15.9 Å². The smallest absolute Gasteiger partial charge is 0.265 e. The van der Waals surface area contributed by atoms with Crippen LogP contribution in [0.2, 0.25) is 0 Å². The van der Waals surface area contributed by atoms with E-state index in [2.05, 4.69) is 26.0 Å². The van der Waals surface area contributed by atoms with E-state index in [1.807, 2.05) is 0 Å². The van der Waals surface area contributed by atoms with Crippen molar-refractivity contribution in [3.8, 4) is 5.75 Å². The zero-order valence-corrected chi connectivity index (χ0v) is 14.9. The molecule has 2 aromatic carbocycles. The summed E-state index contributed by atoms with van der Waals surface area (Å²) in [5.74, 6) is -2.87. The van der Waals surface area contributed by atoms with Crippen molar-refractivity contribution in [3.05, 3.63) is 52.0 Å². The number of hydrogen-bond acceptors (Lipinski definition) is 4. The van der Waals surface area contributed by atoms with Crippen LogP contribution in [-0.2, 0) is 10.0 Å². The zero-order valence-electron chi connectivity index (χ0n) is 12.5. The Morgan fingerprint density at radius 3 is 2.64 bits per heavy atom. The summed E-state index contributed by atoms with van der Waals surface area (Å²) in [6.45, 7) is 0.315. The molecular weight excluding hydrogens is 422 g/mol. The SMILES string of the molecule is O=C1NCCOc2c1cc(Br)cc2S(=O)(=O)Nc1ccc(F)c(F)c1. The second-order valence-electron chi connectivity index (χ2n) is 5.12. The highest BCUT2D eigenvalue weighted by atomic mass is 79.9. The lowest BCUT2D eigenvalue weighted by molar-refractivity contribution is 0.0957. The number of nitrogens with one attached hydrogen (secondary N) is 2. The highest BCUT2D eigenvalue weighted by Crippen LogP contribution is 2.34. The van der Waals surface area contributed by atoms with Crippen molar-refractivity contribution in [2.24, 2.45) is 0 Å². The van der Waals surface area contributed by atoms with Gasteiger partial charge in [-0.05, 0) is 24.3 Å². The predicted octanol–water partition coefficient (Wildman–Crippen LogP) is 2.65. The Kier molecular flexibility index (Phi) is 4.65. The van der Waals surface area contributed by atoms with Gasteiger partial charge in [-0.25, -0.2) is 17.2 Å². The number of rotatable bonds is 3. The molecule has 0 fully saturated rings. The summed E-state index contributed by atoms with van der Waals surface area (Å²) in [5.41, 5.74) is -0.108. The first-order valence-corrected chi connectivity index (χ1v) is 9.28. The van der Waals surface area contributed by atoms with Crippen LogP contribution in [0.4, 0.5) is 14.5 Å². The molecule has 1 amide bonds. The highest BCUT2D eigenvalue weighted by Gasteiger charge is 2.28. The van der Waals surface area contributed by atoms with Crippen LogP contribution in [0, 0.1) is 11.6 Å². The zero-order chi connectivity index (χ0) is 18.2. The highest BCUT2D eigenvalue weighted by molar-refractivity contribution is 9.10. The number of carbonyl (C=O) groups is 1. The van der Waals surface area contributed by atoms with Gasteiger partial charge in [0.05, 0.1) is 17.8 Å². The van der Waals surface area contributed by atoms with Gasteiger partial charge in [-0.2, -0.15) is 0 Å². The summed E-state index contributed by atoms with van der Waals surface area (Å²) in [4.78, 5) is 11.8. The Morgan fingerprint density at radius 1 is 1.16 bits per heavy atom. The molecule has 132 valence electrons. The van der Waals surface area contributed by atoms with E-state index in [1.165, 1.54) is 12.1 Å². The predicted molar refractivity (Wildman–Crippen MR) is 89.1 cm³/mol. The van der Waals surface area contributed by atoms with Crippen molar-refractivity contribution in [3.63, 3.8) is 0 Å². The molecule has 0 radical (unpaired) electrons. The van der Waals surface area contributed by atoms with Crippen molar-refractivity contribution in [1.29, 1.82) is 0 Å². The fourth-order valence-corrected chi connectivity index (χ4v) is 4.12. The van der Waals surface area contributed by atoms with Gasteiger partial charge in [0.25, 0.3) is 15.9 Å². The minimum Gasteiger partial charge on any atom is -0.489 e. The van der Waals surface area contributed by atoms with Gasteiger partial charge in [-0.1, -0.05) is 15.9 Å². The molecular formula is C15H11BrF2N2O4S. The number of halogens is 3. The Balaban J connectivity index is 2.08. The molecule has 25 heavy (non-hydrogen) atoms. The lowest BCUT2D eigenvalue weighted by Gasteiger charge is -2.14. The average Bonchev–Trinajstić information content (AvgIpc) is 2.72. The van der Waals surface area contributed by atoms with Gasteiger partial charge < -0.3 is 10.1 Å². The Labute approximate surface area is 150 Å². The summed E-state index contributed by atoms with van der Waals surface area (Å²) in [6.07, 6.45) is 0. The van der Waals surface area contributed by atoms with Crippen molar-refractivity contribution in [2.75, 3.05) is 17.9 Å². The molecule has 1 aliphatic heterocycles. The molecule has 1 heterocycles. The van der Waals surface area contributed by atoms with E-state index in [0.29, 0.717) is 4.47 Å². The summed E-state index contributed by atoms with van der Waals surface area (Å²) in [6, 6.07) is 5.31. The number of benzene rings is 2. The molecule has 3 rings (SSSR count). The molecule has 0 bridgehead atoms. The minimum atomic E-state index is -4.22. The lowest BCUT2D eigenvalue weighted by atomic mass is 10.2. The van der Waals surface area contributed by atoms with Crippen LogP contribution in [0.5, 0.6) is 5.75 Å². The van der Waals surface area contributed by atoms with Gasteiger partial charge in [-0.15, -0.1) is 0 Å². The molecule has 2 N–H and O–H groups in total. The largest absolute Gasteiger partial charge is 0.489 e. The molecule has 0 saturated heterocycles. The monoisotopic (exact) mass is 432 g/mol. The second kappa shape index (κ2) is 6.60. The minimum absolute atomic E-state index is 0.0533. The van der Waals surface area contributed by atoms with E-state index in [1.54, 1.807) is 0 Å². The number of fused-ring (bicyclic) bond motifs is 1.